The molecule has 0 aromatic rings. The number of alkyl halides is 3. The maximum absolute atomic E-state index is 12.7. The van der Waals surface area contributed by atoms with Gasteiger partial charge in [-0.2, -0.15) is 0 Å². The summed E-state index contributed by atoms with van der Waals surface area (Å²) in [6.45, 7) is 6.10. The van der Waals surface area contributed by atoms with Crippen molar-refractivity contribution >= 4 is 0 Å². The van der Waals surface area contributed by atoms with Crippen LogP contribution in [0.4, 0.5) is 13.2 Å². The Bertz CT molecular complexity index is 117. The summed E-state index contributed by atoms with van der Waals surface area (Å²) in [5, 5.41) is 0. The van der Waals surface area contributed by atoms with E-state index in [1.165, 1.54) is 4.90 Å². The molecule has 0 amide bonds. The molecule has 0 N–H and O–H groups in total. The van der Waals surface area contributed by atoms with Crippen molar-refractivity contribution in [3.63, 3.8) is 0 Å². The minimum absolute atomic E-state index is 0.0891. The van der Waals surface area contributed by atoms with E-state index in [4.69, 9.17) is 0 Å². The summed E-state index contributed by atoms with van der Waals surface area (Å²) in [6.07, 6.45) is -3.26. The van der Waals surface area contributed by atoms with Crippen molar-refractivity contribution in [2.24, 2.45) is 5.92 Å². The molecule has 0 bridgehead atoms. The average Bonchev–Trinajstić information content (AvgIpc) is 2.34. The largest absolute Gasteiger partial charge is 0.294 e. The summed E-state index contributed by atoms with van der Waals surface area (Å²) in [7, 11) is 0. The smallest absolute Gasteiger partial charge is 0.251 e. The van der Waals surface area contributed by atoms with Crippen LogP contribution < -0.4 is 0 Å². The number of likely N-dealkylation sites (tertiary alicyclic amines) is 1. The number of hydrogen-bond acceptors (Lipinski definition) is 1. The van der Waals surface area contributed by atoms with Crippen LogP contribution in [0.1, 0.15) is 20.8 Å². The van der Waals surface area contributed by atoms with Crippen molar-refractivity contribution in [1.29, 1.82) is 0 Å². The Morgan fingerprint density at radius 3 is 2.15 bits per heavy atom. The van der Waals surface area contributed by atoms with E-state index in [-0.39, 0.29) is 19.0 Å². The Morgan fingerprint density at radius 1 is 1.31 bits per heavy atom. The zero-order valence-electron chi connectivity index (χ0n) is 8.43. The van der Waals surface area contributed by atoms with Gasteiger partial charge < -0.3 is 0 Å². The first-order valence-corrected chi connectivity index (χ1v) is 4.74. The third-order valence-electron chi connectivity index (χ3n) is 1.99. The van der Waals surface area contributed by atoms with Gasteiger partial charge in [-0.25, -0.2) is 13.2 Å². The molecule has 1 nitrogen and oxygen atoms in total. The lowest BCUT2D eigenvalue weighted by Gasteiger charge is -2.12. The first-order valence-electron chi connectivity index (χ1n) is 4.74. The Labute approximate surface area is 77.9 Å². The molecular weight excluding hydrogens is 179 g/mol. The van der Waals surface area contributed by atoms with Crippen LogP contribution in [-0.4, -0.2) is 37.1 Å². The molecule has 1 aliphatic heterocycles. The van der Waals surface area contributed by atoms with Crippen LogP contribution in [0.5, 0.6) is 0 Å². The van der Waals surface area contributed by atoms with Gasteiger partial charge in [0.15, 0.2) is 0 Å². The van der Waals surface area contributed by atoms with Crippen molar-refractivity contribution in [3.8, 4) is 0 Å². The van der Waals surface area contributed by atoms with Crippen LogP contribution >= 0.6 is 0 Å². The van der Waals surface area contributed by atoms with Crippen LogP contribution in [0.2, 0.25) is 0 Å². The molecule has 80 valence electrons. The van der Waals surface area contributed by atoms with Crippen LogP contribution in [0.15, 0.2) is 0 Å². The lowest BCUT2D eigenvalue weighted by atomic mass is 10.1. The highest BCUT2D eigenvalue weighted by atomic mass is 19.3. The first kappa shape index (κ1) is 12.8. The van der Waals surface area contributed by atoms with Gasteiger partial charge >= 0.3 is 0 Å². The van der Waals surface area contributed by atoms with Gasteiger partial charge in [-0.15, -0.1) is 0 Å². The van der Waals surface area contributed by atoms with Gasteiger partial charge in [0, 0.05) is 19.0 Å². The van der Waals surface area contributed by atoms with Crippen molar-refractivity contribution in [2.45, 2.75) is 33.4 Å². The molecule has 0 saturated carbocycles. The van der Waals surface area contributed by atoms with Crippen LogP contribution in [-0.2, 0) is 0 Å². The normalized spacial score (nSPS) is 28.8. The Morgan fingerprint density at radius 2 is 1.85 bits per heavy atom. The molecule has 1 fully saturated rings. The van der Waals surface area contributed by atoms with E-state index in [1.807, 2.05) is 13.8 Å². The van der Waals surface area contributed by atoms with Crippen LogP contribution in [0, 0.1) is 5.92 Å². The van der Waals surface area contributed by atoms with E-state index in [0.29, 0.717) is 6.54 Å². The Kier molecular flexibility index (Phi) is 6.12. The molecular formula is C9H18F3N. The molecule has 1 unspecified atom stereocenters. The molecule has 1 aliphatic rings. The molecule has 0 aromatic heterocycles. The molecule has 0 aliphatic carbocycles. The van der Waals surface area contributed by atoms with E-state index in [1.54, 1.807) is 6.92 Å². The number of halogens is 3. The summed E-state index contributed by atoms with van der Waals surface area (Å²) in [5.41, 5.74) is 0. The quantitative estimate of drug-likeness (QED) is 0.657. The van der Waals surface area contributed by atoms with Gasteiger partial charge in [0.05, 0.1) is 6.54 Å². The number of rotatable bonds is 2. The first-order chi connectivity index (χ1) is 6.09. The minimum atomic E-state index is -2.34. The SMILES string of the molecule is CC.C[C@H]1CN(CC(F)F)CC1F. The summed E-state index contributed by atoms with van der Waals surface area (Å²) < 4.78 is 36.3. The maximum atomic E-state index is 12.7. The highest BCUT2D eigenvalue weighted by Crippen LogP contribution is 2.19. The predicted molar refractivity (Wildman–Crippen MR) is 47.9 cm³/mol. The van der Waals surface area contributed by atoms with Gasteiger partial charge in [0.2, 0.25) is 0 Å². The van der Waals surface area contributed by atoms with Crippen molar-refractivity contribution < 1.29 is 13.2 Å². The molecule has 0 aromatic carbocycles. The zero-order valence-corrected chi connectivity index (χ0v) is 8.43. The summed E-state index contributed by atoms with van der Waals surface area (Å²) in [6, 6.07) is 0. The van der Waals surface area contributed by atoms with Crippen molar-refractivity contribution in [1.82, 2.24) is 4.90 Å². The molecule has 1 saturated heterocycles. The van der Waals surface area contributed by atoms with Crippen LogP contribution in [0.3, 0.4) is 0 Å². The monoisotopic (exact) mass is 197 g/mol. The average molecular weight is 197 g/mol. The molecule has 1 heterocycles. The number of nitrogens with zero attached hydrogens (tertiary/aromatic N) is 1. The Hall–Kier alpha value is -0.250. The highest BCUT2D eigenvalue weighted by molar-refractivity contribution is 4.81. The second-order valence-corrected chi connectivity index (χ2v) is 3.10. The van der Waals surface area contributed by atoms with Gasteiger partial charge in [0.25, 0.3) is 6.43 Å². The molecule has 13 heavy (non-hydrogen) atoms. The second-order valence-electron chi connectivity index (χ2n) is 3.10. The minimum Gasteiger partial charge on any atom is -0.294 e. The second kappa shape index (κ2) is 6.24. The van der Waals surface area contributed by atoms with E-state index in [2.05, 4.69) is 0 Å². The van der Waals surface area contributed by atoms with E-state index >= 15 is 0 Å². The third kappa shape index (κ3) is 4.50. The lowest BCUT2D eigenvalue weighted by Crippen LogP contribution is -2.26. The van der Waals surface area contributed by atoms with E-state index in [9.17, 15) is 13.2 Å². The summed E-state index contributed by atoms with van der Waals surface area (Å²) in [5.74, 6) is -0.0891. The third-order valence-corrected chi connectivity index (χ3v) is 1.99. The molecule has 2 atom stereocenters. The lowest BCUT2D eigenvalue weighted by molar-refractivity contribution is 0.0962. The van der Waals surface area contributed by atoms with E-state index in [0.717, 1.165) is 0 Å². The molecule has 4 heteroatoms. The van der Waals surface area contributed by atoms with Crippen LogP contribution in [0.25, 0.3) is 0 Å². The van der Waals surface area contributed by atoms with Gasteiger partial charge in [0.1, 0.15) is 6.17 Å². The highest BCUT2D eigenvalue weighted by Gasteiger charge is 2.30. The maximum Gasteiger partial charge on any atom is 0.251 e. The van der Waals surface area contributed by atoms with Gasteiger partial charge in [-0.1, -0.05) is 20.8 Å². The van der Waals surface area contributed by atoms with Crippen molar-refractivity contribution in [3.05, 3.63) is 0 Å². The fraction of sp³-hybridized carbons (Fsp3) is 1.00. The summed E-state index contributed by atoms with van der Waals surface area (Å²) >= 11 is 0. The molecule has 0 spiro atoms. The topological polar surface area (TPSA) is 3.24 Å². The Balaban J connectivity index is 0.000000671. The van der Waals surface area contributed by atoms with Crippen molar-refractivity contribution in [2.75, 3.05) is 19.6 Å². The van der Waals surface area contributed by atoms with Gasteiger partial charge in [-0.3, -0.25) is 4.90 Å². The van der Waals surface area contributed by atoms with E-state index < -0.39 is 12.6 Å². The fourth-order valence-corrected chi connectivity index (χ4v) is 1.37. The molecule has 1 rings (SSSR count). The predicted octanol–water partition coefficient (Wildman–Crippen LogP) is 2.57. The fourth-order valence-electron chi connectivity index (χ4n) is 1.37. The summed E-state index contributed by atoms with van der Waals surface area (Å²) in [4.78, 5) is 1.47. The zero-order chi connectivity index (χ0) is 10.4. The van der Waals surface area contributed by atoms with Gasteiger partial charge in [-0.05, 0) is 0 Å². The standard InChI is InChI=1S/C7H12F3N.C2H6/c1-5-2-11(3-6(5)8)4-7(9)10;1-2/h5-7H,2-4H2,1H3;1-2H3/t5-,6?;/m0./s1. The number of hydrogen-bond donors (Lipinski definition) is 0. The molecule has 0 radical (unpaired) electrons.